The van der Waals surface area contributed by atoms with Crippen molar-refractivity contribution in [2.24, 2.45) is 0 Å². The number of hydrogen-bond donors (Lipinski definition) is 0. The number of rotatable bonds is 8. The number of benzene rings is 1. The lowest BCUT2D eigenvalue weighted by atomic mass is 10.1. The van der Waals surface area contributed by atoms with Crippen molar-refractivity contribution in [2.75, 3.05) is 20.3 Å². The molecule has 7 heteroatoms. The molecule has 0 N–H and O–H groups in total. The summed E-state index contributed by atoms with van der Waals surface area (Å²) in [5, 5.41) is 8.91. The molecule has 1 aromatic carbocycles. The van der Waals surface area contributed by atoms with Gasteiger partial charge in [-0.05, 0) is 46.6 Å². The maximum absolute atomic E-state index is 13.0. The first-order valence-electron chi connectivity index (χ1n) is 8.16. The summed E-state index contributed by atoms with van der Waals surface area (Å²) in [7, 11) is 1.53. The second-order valence-corrected chi connectivity index (χ2v) is 6.27. The molecule has 1 heterocycles. The summed E-state index contributed by atoms with van der Waals surface area (Å²) in [5.41, 5.74) is 1.36. The molecule has 0 spiro atoms. The zero-order valence-electron chi connectivity index (χ0n) is 14.7. The average molecular weight is 418 g/mol. The van der Waals surface area contributed by atoms with Crippen LogP contribution in [0.4, 0.5) is 0 Å². The van der Waals surface area contributed by atoms with Gasteiger partial charge < -0.3 is 14.4 Å². The zero-order valence-corrected chi connectivity index (χ0v) is 16.3. The first-order chi connectivity index (χ1) is 12.6. The van der Waals surface area contributed by atoms with E-state index in [0.717, 1.165) is 5.56 Å². The van der Waals surface area contributed by atoms with Crippen molar-refractivity contribution < 1.29 is 14.3 Å². The third kappa shape index (κ3) is 4.96. The van der Waals surface area contributed by atoms with Gasteiger partial charge in [-0.1, -0.05) is 6.07 Å². The summed E-state index contributed by atoms with van der Waals surface area (Å²) >= 11 is 3.44. The number of pyridine rings is 1. The van der Waals surface area contributed by atoms with Crippen molar-refractivity contribution >= 4 is 21.8 Å². The molecule has 1 aromatic heterocycles. The Hall–Kier alpha value is -2.59. The van der Waals surface area contributed by atoms with E-state index in [1.807, 2.05) is 19.1 Å². The van der Waals surface area contributed by atoms with Crippen molar-refractivity contribution in [3.05, 3.63) is 52.3 Å². The smallest absolute Gasteiger partial charge is 0.254 e. The van der Waals surface area contributed by atoms with Gasteiger partial charge in [0.05, 0.1) is 30.7 Å². The molecular weight excluding hydrogens is 398 g/mol. The highest BCUT2D eigenvalue weighted by atomic mass is 79.9. The largest absolute Gasteiger partial charge is 0.493 e. The number of nitrogens with zero attached hydrogens (tertiary/aromatic N) is 3. The molecule has 0 fully saturated rings. The Balaban J connectivity index is 2.32. The lowest BCUT2D eigenvalue weighted by Gasteiger charge is -2.22. The third-order valence-electron chi connectivity index (χ3n) is 3.64. The number of hydrogen-bond acceptors (Lipinski definition) is 5. The van der Waals surface area contributed by atoms with Crippen LogP contribution in [0.15, 0.2) is 41.1 Å². The predicted octanol–water partition coefficient (Wildman–Crippen LogP) is 3.81. The first kappa shape index (κ1) is 19.7. The summed E-state index contributed by atoms with van der Waals surface area (Å²) in [6.45, 7) is 3.07. The molecule has 0 atom stereocenters. The van der Waals surface area contributed by atoms with Gasteiger partial charge in [0.15, 0.2) is 11.5 Å². The monoisotopic (exact) mass is 417 g/mol. The van der Waals surface area contributed by atoms with Crippen LogP contribution < -0.4 is 9.47 Å². The SMILES string of the molecule is CCOc1c(Br)cc(C(=O)N(CCC#N)Cc2cccnc2)cc1OC. The number of halogens is 1. The van der Waals surface area contributed by atoms with Crippen LogP contribution in [0.1, 0.15) is 29.3 Å². The van der Waals surface area contributed by atoms with Gasteiger partial charge in [-0.2, -0.15) is 5.26 Å². The third-order valence-corrected chi connectivity index (χ3v) is 4.23. The lowest BCUT2D eigenvalue weighted by Crippen LogP contribution is -2.31. The Bertz CT molecular complexity index is 791. The molecule has 2 rings (SSSR count). The molecule has 0 saturated carbocycles. The summed E-state index contributed by atoms with van der Waals surface area (Å²) in [6.07, 6.45) is 3.64. The number of methoxy groups -OCH3 is 1. The minimum atomic E-state index is -0.189. The summed E-state index contributed by atoms with van der Waals surface area (Å²) in [5.74, 6) is 0.847. The normalized spacial score (nSPS) is 10.1. The maximum Gasteiger partial charge on any atom is 0.254 e. The minimum Gasteiger partial charge on any atom is -0.493 e. The Kier molecular flexibility index (Phi) is 7.42. The van der Waals surface area contributed by atoms with E-state index < -0.39 is 0 Å². The van der Waals surface area contributed by atoms with Crippen LogP contribution in [-0.2, 0) is 6.54 Å². The first-order valence-corrected chi connectivity index (χ1v) is 8.95. The van der Waals surface area contributed by atoms with E-state index in [4.69, 9.17) is 14.7 Å². The standard InChI is InChI=1S/C19H20BrN3O3/c1-3-26-18-16(20)10-15(11-17(18)25-2)19(24)23(9-5-7-21)13-14-6-4-8-22-12-14/h4,6,8,10-12H,3,5,9,13H2,1-2H3. The zero-order chi connectivity index (χ0) is 18.9. The van der Waals surface area contributed by atoms with Crippen LogP contribution >= 0.6 is 15.9 Å². The number of aromatic nitrogens is 1. The van der Waals surface area contributed by atoms with Crippen LogP contribution in [0.5, 0.6) is 11.5 Å². The summed E-state index contributed by atoms with van der Waals surface area (Å²) in [4.78, 5) is 18.7. The topological polar surface area (TPSA) is 75.5 Å². The molecule has 0 unspecified atom stereocenters. The van der Waals surface area contributed by atoms with Crippen molar-refractivity contribution in [2.45, 2.75) is 19.9 Å². The van der Waals surface area contributed by atoms with Crippen molar-refractivity contribution in [3.63, 3.8) is 0 Å². The number of amides is 1. The average Bonchev–Trinajstić information content (AvgIpc) is 2.66. The fourth-order valence-electron chi connectivity index (χ4n) is 2.46. The fraction of sp³-hybridized carbons (Fsp3) is 0.316. The van der Waals surface area contributed by atoms with Gasteiger partial charge in [0.25, 0.3) is 5.91 Å². The van der Waals surface area contributed by atoms with Gasteiger partial charge in [0.2, 0.25) is 0 Å². The molecular formula is C19H20BrN3O3. The molecule has 0 aliphatic heterocycles. The minimum absolute atomic E-state index is 0.189. The summed E-state index contributed by atoms with van der Waals surface area (Å²) in [6, 6.07) is 9.16. The van der Waals surface area contributed by atoms with E-state index in [9.17, 15) is 4.79 Å². The number of ether oxygens (including phenoxy) is 2. The number of carbonyl (C=O) groups is 1. The number of carbonyl (C=O) groups excluding carboxylic acids is 1. The molecule has 136 valence electrons. The highest BCUT2D eigenvalue weighted by molar-refractivity contribution is 9.10. The molecule has 1 amide bonds. The summed E-state index contributed by atoms with van der Waals surface area (Å²) < 4.78 is 11.6. The Morgan fingerprint density at radius 1 is 1.42 bits per heavy atom. The molecule has 0 aliphatic rings. The van der Waals surface area contributed by atoms with Crippen LogP contribution in [0.3, 0.4) is 0 Å². The Morgan fingerprint density at radius 3 is 2.85 bits per heavy atom. The van der Waals surface area contributed by atoms with E-state index in [-0.39, 0.29) is 12.3 Å². The lowest BCUT2D eigenvalue weighted by molar-refractivity contribution is 0.0746. The van der Waals surface area contributed by atoms with E-state index in [1.165, 1.54) is 7.11 Å². The van der Waals surface area contributed by atoms with E-state index in [1.54, 1.807) is 29.4 Å². The Labute approximate surface area is 161 Å². The van der Waals surface area contributed by atoms with E-state index >= 15 is 0 Å². The molecule has 0 saturated heterocycles. The van der Waals surface area contributed by atoms with Gasteiger partial charge in [-0.15, -0.1) is 0 Å². The highest BCUT2D eigenvalue weighted by Gasteiger charge is 2.20. The molecule has 0 radical (unpaired) electrons. The van der Waals surface area contributed by atoms with Gasteiger partial charge in [0.1, 0.15) is 0 Å². The molecule has 0 bridgehead atoms. The van der Waals surface area contributed by atoms with Crippen LogP contribution in [0.25, 0.3) is 0 Å². The second kappa shape index (κ2) is 9.78. The highest BCUT2D eigenvalue weighted by Crippen LogP contribution is 2.37. The Morgan fingerprint density at radius 2 is 2.23 bits per heavy atom. The van der Waals surface area contributed by atoms with Crippen LogP contribution in [0.2, 0.25) is 0 Å². The van der Waals surface area contributed by atoms with Crippen molar-refractivity contribution in [3.8, 4) is 17.6 Å². The molecule has 2 aromatic rings. The van der Waals surface area contributed by atoms with E-state index in [2.05, 4.69) is 27.0 Å². The quantitative estimate of drug-likeness (QED) is 0.652. The van der Waals surface area contributed by atoms with Crippen LogP contribution in [-0.4, -0.2) is 36.1 Å². The second-order valence-electron chi connectivity index (χ2n) is 5.42. The van der Waals surface area contributed by atoms with Crippen molar-refractivity contribution in [1.29, 1.82) is 5.26 Å². The van der Waals surface area contributed by atoms with Gasteiger partial charge in [-0.25, -0.2) is 0 Å². The molecule has 6 nitrogen and oxygen atoms in total. The van der Waals surface area contributed by atoms with Gasteiger partial charge in [0, 0.05) is 31.0 Å². The van der Waals surface area contributed by atoms with Crippen molar-refractivity contribution in [1.82, 2.24) is 9.88 Å². The molecule has 26 heavy (non-hydrogen) atoms. The van der Waals surface area contributed by atoms with Gasteiger partial charge in [-0.3, -0.25) is 9.78 Å². The van der Waals surface area contributed by atoms with Gasteiger partial charge >= 0.3 is 0 Å². The van der Waals surface area contributed by atoms with Crippen LogP contribution in [0, 0.1) is 11.3 Å². The maximum atomic E-state index is 13.0. The molecule has 0 aliphatic carbocycles. The van der Waals surface area contributed by atoms with E-state index in [0.29, 0.717) is 41.2 Å². The number of nitriles is 1. The fourth-order valence-corrected chi connectivity index (χ4v) is 3.02. The predicted molar refractivity (Wildman–Crippen MR) is 101 cm³/mol.